The van der Waals surface area contributed by atoms with E-state index in [0.717, 1.165) is 96.3 Å². The smallest absolute Gasteiger partial charge is 0.306 e. The van der Waals surface area contributed by atoms with Gasteiger partial charge in [-0.3, -0.25) is 14.2 Å². The summed E-state index contributed by atoms with van der Waals surface area (Å²) in [6.07, 6.45) is 71.4. The first-order valence-corrected chi connectivity index (χ1v) is 31.6. The molecule has 0 spiro atoms. The van der Waals surface area contributed by atoms with Crippen LogP contribution in [-0.4, -0.2) is 70.0 Å². The predicted octanol–water partition coefficient (Wildman–Crippen LogP) is 18.2. The molecule has 0 saturated heterocycles. The van der Waals surface area contributed by atoms with Crippen LogP contribution in [0.5, 0.6) is 0 Å². The van der Waals surface area contributed by atoms with Gasteiger partial charge in [-0.2, -0.15) is 0 Å². The molecule has 10 heteroatoms. The molecule has 0 aliphatic heterocycles. The average molecular weight is 1040 g/mol. The number of hydrogen-bond donors (Lipinski definition) is 0. The second kappa shape index (κ2) is 54.2. The number of nitrogens with zero attached hydrogens (tertiary/aromatic N) is 1. The molecule has 2 atom stereocenters. The van der Waals surface area contributed by atoms with E-state index in [1.54, 1.807) is 0 Å². The van der Waals surface area contributed by atoms with Crippen molar-refractivity contribution < 1.29 is 42.1 Å². The highest BCUT2D eigenvalue weighted by atomic mass is 31.2. The third-order valence-corrected chi connectivity index (χ3v) is 13.9. The third-order valence-electron chi connectivity index (χ3n) is 12.9. The third kappa shape index (κ3) is 58.6. The lowest BCUT2D eigenvalue weighted by atomic mass is 10.0. The van der Waals surface area contributed by atoms with Crippen LogP contribution in [0.25, 0.3) is 0 Å². The molecule has 0 aromatic rings. The van der Waals surface area contributed by atoms with E-state index in [4.69, 9.17) is 18.5 Å². The van der Waals surface area contributed by atoms with E-state index in [1.165, 1.54) is 135 Å². The Labute approximate surface area is 450 Å². The molecule has 9 nitrogen and oxygen atoms in total. The number of quaternary nitrogens is 1. The van der Waals surface area contributed by atoms with E-state index in [0.29, 0.717) is 17.4 Å². The molecule has 73 heavy (non-hydrogen) atoms. The molecule has 0 amide bonds. The van der Waals surface area contributed by atoms with Crippen molar-refractivity contribution in [3.05, 3.63) is 72.9 Å². The average Bonchev–Trinajstić information content (AvgIpc) is 3.35. The minimum Gasteiger partial charge on any atom is -0.756 e. The van der Waals surface area contributed by atoms with E-state index in [-0.39, 0.29) is 26.1 Å². The first kappa shape index (κ1) is 70.5. The molecule has 0 fully saturated rings. The Balaban J connectivity index is 3.86. The maximum atomic E-state index is 12.8. The Morgan fingerprint density at radius 1 is 0.438 bits per heavy atom. The zero-order chi connectivity index (χ0) is 53.5. The van der Waals surface area contributed by atoms with Gasteiger partial charge in [0.2, 0.25) is 0 Å². The number of ether oxygens (including phenoxy) is 2. The van der Waals surface area contributed by atoms with Crippen LogP contribution in [0.15, 0.2) is 72.9 Å². The second-order valence-electron chi connectivity index (χ2n) is 21.3. The van der Waals surface area contributed by atoms with Crippen LogP contribution in [0.2, 0.25) is 0 Å². The molecular formula is C63H114NO8P. The van der Waals surface area contributed by atoms with Crippen molar-refractivity contribution in [1.82, 2.24) is 0 Å². The maximum Gasteiger partial charge on any atom is 0.306 e. The zero-order valence-electron chi connectivity index (χ0n) is 48.1. The fourth-order valence-corrected chi connectivity index (χ4v) is 9.06. The Hall–Kier alpha value is -2.55. The van der Waals surface area contributed by atoms with Gasteiger partial charge in [0.1, 0.15) is 19.8 Å². The van der Waals surface area contributed by atoms with Crippen molar-refractivity contribution >= 4 is 19.8 Å². The van der Waals surface area contributed by atoms with Crippen molar-refractivity contribution in [2.24, 2.45) is 0 Å². The van der Waals surface area contributed by atoms with E-state index >= 15 is 0 Å². The number of carbonyl (C=O) groups is 2. The molecule has 424 valence electrons. The van der Waals surface area contributed by atoms with Crippen LogP contribution in [0.4, 0.5) is 0 Å². The summed E-state index contributed by atoms with van der Waals surface area (Å²) in [6.45, 7) is 4.06. The summed E-state index contributed by atoms with van der Waals surface area (Å²) in [4.78, 5) is 37.7. The standard InChI is InChI=1S/C63H114NO8P/c1-6-8-10-12-14-16-18-19-20-21-22-23-24-25-26-27-28-29-30-31-32-33-34-35-36-37-38-39-40-41-42-43-44-45-46-48-50-52-54-56-63(66)72-61(60-71-73(67,68)70-58-57-64(3,4)5)59-69-62(65)55-53-51-49-47-17-15-13-11-9-7-2/h8,10-11,13-14,16,19-20,22-23,25-26,61H,6-7,9,12,15,17-18,21,24,27-60H2,1-5H3/b10-8-,13-11-,16-14-,20-19-,23-22-,26-25-. The van der Waals surface area contributed by atoms with E-state index < -0.39 is 32.5 Å². The number of unbranched alkanes of at least 4 members (excludes halogenated alkanes) is 29. The molecule has 0 aliphatic rings. The number of rotatable bonds is 55. The highest BCUT2D eigenvalue weighted by Crippen LogP contribution is 2.38. The summed E-state index contributed by atoms with van der Waals surface area (Å²) < 4.78 is 34.0. The van der Waals surface area contributed by atoms with Crippen LogP contribution in [-0.2, 0) is 32.7 Å². The summed E-state index contributed by atoms with van der Waals surface area (Å²) in [5, 5.41) is 0. The molecule has 0 aromatic carbocycles. The molecule has 0 rings (SSSR count). The fraction of sp³-hybridized carbons (Fsp3) is 0.778. The van der Waals surface area contributed by atoms with Crippen LogP contribution in [0.3, 0.4) is 0 Å². The van der Waals surface area contributed by atoms with Crippen molar-refractivity contribution in [1.29, 1.82) is 0 Å². The summed E-state index contributed by atoms with van der Waals surface area (Å²) in [5.74, 6) is -0.839. The molecule has 0 radical (unpaired) electrons. The summed E-state index contributed by atoms with van der Waals surface area (Å²) in [5.41, 5.74) is 0. The van der Waals surface area contributed by atoms with E-state index in [1.807, 2.05) is 21.1 Å². The number of hydrogen-bond acceptors (Lipinski definition) is 8. The second-order valence-corrected chi connectivity index (χ2v) is 22.7. The Morgan fingerprint density at radius 2 is 0.781 bits per heavy atom. The van der Waals surface area contributed by atoms with Gasteiger partial charge in [-0.1, -0.05) is 247 Å². The fourth-order valence-electron chi connectivity index (χ4n) is 8.33. The quantitative estimate of drug-likeness (QED) is 0.0195. The first-order chi connectivity index (χ1) is 35.5. The zero-order valence-corrected chi connectivity index (χ0v) is 49.0. The molecule has 0 aliphatic carbocycles. The van der Waals surface area contributed by atoms with Gasteiger partial charge in [-0.15, -0.1) is 0 Å². The van der Waals surface area contributed by atoms with Crippen LogP contribution in [0.1, 0.15) is 264 Å². The van der Waals surface area contributed by atoms with E-state index in [9.17, 15) is 19.0 Å². The lowest BCUT2D eigenvalue weighted by molar-refractivity contribution is -0.870. The number of esters is 2. The number of phosphoric acid groups is 1. The summed E-state index contributed by atoms with van der Waals surface area (Å²) in [6, 6.07) is 0. The van der Waals surface area contributed by atoms with Crippen molar-refractivity contribution in [3.8, 4) is 0 Å². The topological polar surface area (TPSA) is 111 Å². The van der Waals surface area contributed by atoms with Crippen molar-refractivity contribution in [2.75, 3.05) is 47.5 Å². The van der Waals surface area contributed by atoms with Gasteiger partial charge in [-0.25, -0.2) is 0 Å². The van der Waals surface area contributed by atoms with Crippen LogP contribution >= 0.6 is 7.82 Å². The molecule has 0 N–H and O–H groups in total. The van der Waals surface area contributed by atoms with Gasteiger partial charge in [0, 0.05) is 12.8 Å². The summed E-state index contributed by atoms with van der Waals surface area (Å²) in [7, 11) is 1.17. The normalized spacial score (nSPS) is 13.8. The minimum atomic E-state index is -4.63. The SMILES string of the molecule is CC/C=C\C/C=C\C/C=C\C/C=C\C/C=C\CCCCCCCCCCCCCCCCCCCCCCCCCC(=O)OC(COC(=O)CCCCCCC/C=C\CCC)COP(=O)([O-])OCC[N+](C)(C)C. The highest BCUT2D eigenvalue weighted by molar-refractivity contribution is 7.45. The highest BCUT2D eigenvalue weighted by Gasteiger charge is 2.22. The predicted molar refractivity (Wildman–Crippen MR) is 309 cm³/mol. The van der Waals surface area contributed by atoms with Crippen LogP contribution < -0.4 is 4.89 Å². The van der Waals surface area contributed by atoms with E-state index in [2.05, 4.69) is 86.8 Å². The number of carbonyl (C=O) groups excluding carboxylic acids is 2. The van der Waals surface area contributed by atoms with Crippen LogP contribution in [0, 0.1) is 0 Å². The number of likely N-dealkylation sites (N-methyl/N-ethyl adjacent to an activating group) is 1. The largest absolute Gasteiger partial charge is 0.756 e. The molecule has 0 aromatic heterocycles. The lowest BCUT2D eigenvalue weighted by Gasteiger charge is -2.28. The maximum absolute atomic E-state index is 12.8. The van der Waals surface area contributed by atoms with Gasteiger partial charge in [0.05, 0.1) is 27.7 Å². The van der Waals surface area contributed by atoms with Gasteiger partial charge >= 0.3 is 11.9 Å². The lowest BCUT2D eigenvalue weighted by Crippen LogP contribution is -2.37. The minimum absolute atomic E-state index is 0.0319. The summed E-state index contributed by atoms with van der Waals surface area (Å²) >= 11 is 0. The number of allylic oxidation sites excluding steroid dienone is 12. The first-order valence-electron chi connectivity index (χ1n) is 30.1. The van der Waals surface area contributed by atoms with Crippen molar-refractivity contribution in [2.45, 2.75) is 270 Å². The molecule has 0 heterocycles. The Kier molecular flexibility index (Phi) is 52.4. The number of phosphoric ester groups is 1. The monoisotopic (exact) mass is 1040 g/mol. The van der Waals surface area contributed by atoms with Gasteiger partial charge in [-0.05, 0) is 77.0 Å². The Morgan fingerprint density at radius 3 is 1.18 bits per heavy atom. The molecule has 0 bridgehead atoms. The molecular weight excluding hydrogens is 930 g/mol. The molecule has 2 unspecified atom stereocenters. The van der Waals surface area contributed by atoms with Gasteiger partial charge in [0.15, 0.2) is 6.10 Å². The van der Waals surface area contributed by atoms with Crippen molar-refractivity contribution in [3.63, 3.8) is 0 Å². The Bertz CT molecular complexity index is 1460. The van der Waals surface area contributed by atoms with Gasteiger partial charge in [0.25, 0.3) is 7.82 Å². The van der Waals surface area contributed by atoms with Gasteiger partial charge < -0.3 is 27.9 Å². The molecule has 0 saturated carbocycles.